The van der Waals surface area contributed by atoms with E-state index in [1.807, 2.05) is 18.2 Å². The summed E-state index contributed by atoms with van der Waals surface area (Å²) < 4.78 is 22.1. The van der Waals surface area contributed by atoms with Crippen LogP contribution in [-0.2, 0) is 9.84 Å². The number of nitrogens with one attached hydrogen (secondary N) is 1. The quantitative estimate of drug-likeness (QED) is 0.671. The molecule has 0 aliphatic heterocycles. The van der Waals surface area contributed by atoms with Gasteiger partial charge in [0, 0.05) is 38.1 Å². The molecule has 0 aromatic heterocycles. The van der Waals surface area contributed by atoms with E-state index in [1.165, 1.54) is 18.4 Å². The van der Waals surface area contributed by atoms with Gasteiger partial charge in [0.1, 0.15) is 9.84 Å². The Kier molecular flexibility index (Phi) is 7.62. The Bertz CT molecular complexity index is 460. The van der Waals surface area contributed by atoms with Crippen molar-refractivity contribution in [1.82, 2.24) is 5.32 Å². The molecule has 0 saturated carbocycles. The molecule has 1 aromatic rings. The maximum Gasteiger partial charge on any atom is 0.148 e. The van der Waals surface area contributed by atoms with E-state index in [4.69, 9.17) is 0 Å². The van der Waals surface area contributed by atoms with E-state index < -0.39 is 9.84 Å². The predicted octanol–water partition coefficient (Wildman–Crippen LogP) is 1.93. The van der Waals surface area contributed by atoms with Crippen LogP contribution in [0.4, 0.5) is 5.69 Å². The van der Waals surface area contributed by atoms with Crippen molar-refractivity contribution in [3.8, 4) is 0 Å². The molecule has 0 amide bonds. The van der Waals surface area contributed by atoms with Crippen LogP contribution in [0.15, 0.2) is 30.3 Å². The maximum atomic E-state index is 11.0. The lowest BCUT2D eigenvalue weighted by atomic mass is 10.2. The summed E-state index contributed by atoms with van der Waals surface area (Å²) >= 11 is 0. The number of para-hydroxylation sites is 1. The van der Waals surface area contributed by atoms with E-state index in [0.717, 1.165) is 26.1 Å². The van der Waals surface area contributed by atoms with Gasteiger partial charge in [0.05, 0.1) is 5.75 Å². The van der Waals surface area contributed by atoms with Crippen molar-refractivity contribution < 1.29 is 8.42 Å². The first kappa shape index (κ1) is 17.0. The first-order valence-electron chi connectivity index (χ1n) is 7.21. The average molecular weight is 298 g/mol. The van der Waals surface area contributed by atoms with Crippen LogP contribution in [-0.4, -0.2) is 46.6 Å². The predicted molar refractivity (Wildman–Crippen MR) is 86.1 cm³/mol. The van der Waals surface area contributed by atoms with Gasteiger partial charge in [-0.25, -0.2) is 8.42 Å². The first-order valence-corrected chi connectivity index (χ1v) is 9.27. The highest BCUT2D eigenvalue weighted by Crippen LogP contribution is 2.13. The third-order valence-electron chi connectivity index (χ3n) is 3.11. The van der Waals surface area contributed by atoms with Crippen molar-refractivity contribution in [3.63, 3.8) is 0 Å². The molecule has 4 nitrogen and oxygen atoms in total. The molecule has 0 aliphatic rings. The highest BCUT2D eigenvalue weighted by molar-refractivity contribution is 7.90. The number of unbranched alkanes of at least 4 members (excludes halogenated alkanes) is 1. The van der Waals surface area contributed by atoms with Gasteiger partial charge >= 0.3 is 0 Å². The molecule has 0 atom stereocenters. The third-order valence-corrected chi connectivity index (χ3v) is 4.06. The van der Waals surface area contributed by atoms with Crippen LogP contribution in [0.3, 0.4) is 0 Å². The summed E-state index contributed by atoms with van der Waals surface area (Å²) in [7, 11) is -2.87. The van der Waals surface area contributed by atoms with E-state index in [-0.39, 0.29) is 5.75 Å². The Labute approximate surface area is 123 Å². The molecule has 1 N–H and O–H groups in total. The van der Waals surface area contributed by atoms with Crippen molar-refractivity contribution in [2.75, 3.05) is 43.1 Å². The number of sulfone groups is 1. The van der Waals surface area contributed by atoms with Crippen molar-refractivity contribution in [1.29, 1.82) is 0 Å². The van der Waals surface area contributed by atoms with Gasteiger partial charge in [-0.3, -0.25) is 0 Å². The lowest BCUT2D eigenvalue weighted by molar-refractivity contribution is 0.595. The zero-order chi connectivity index (χ0) is 14.8. The number of hydrogen-bond donors (Lipinski definition) is 1. The summed E-state index contributed by atoms with van der Waals surface area (Å²) in [6.07, 6.45) is 3.61. The third kappa shape index (κ3) is 7.50. The van der Waals surface area contributed by atoms with E-state index in [9.17, 15) is 8.42 Å². The lowest BCUT2D eigenvalue weighted by Crippen LogP contribution is -2.34. The fraction of sp³-hybridized carbons (Fsp3) is 0.600. The summed E-state index contributed by atoms with van der Waals surface area (Å²) in [5.41, 5.74) is 1.23. The molecule has 5 heteroatoms. The molecule has 0 bridgehead atoms. The second-order valence-corrected chi connectivity index (χ2v) is 7.32. The smallest absolute Gasteiger partial charge is 0.148 e. The number of anilines is 1. The van der Waals surface area contributed by atoms with Gasteiger partial charge < -0.3 is 10.2 Å². The Balaban J connectivity index is 2.38. The largest absolute Gasteiger partial charge is 0.370 e. The van der Waals surface area contributed by atoms with E-state index in [0.29, 0.717) is 6.54 Å². The molecule has 0 aliphatic carbocycles. The van der Waals surface area contributed by atoms with Gasteiger partial charge in [-0.1, -0.05) is 31.5 Å². The molecule has 1 aromatic carbocycles. The summed E-state index contributed by atoms with van der Waals surface area (Å²) in [4.78, 5) is 2.34. The van der Waals surface area contributed by atoms with Gasteiger partial charge in [0.25, 0.3) is 0 Å². The second kappa shape index (κ2) is 8.97. The minimum atomic E-state index is -2.87. The maximum absolute atomic E-state index is 11.0. The van der Waals surface area contributed by atoms with Gasteiger partial charge in [0.2, 0.25) is 0 Å². The molecule has 0 heterocycles. The fourth-order valence-corrected chi connectivity index (χ4v) is 2.47. The van der Waals surface area contributed by atoms with Crippen molar-refractivity contribution in [2.24, 2.45) is 0 Å². The van der Waals surface area contributed by atoms with Crippen LogP contribution in [0.25, 0.3) is 0 Å². The minimum Gasteiger partial charge on any atom is -0.370 e. The molecule has 0 fully saturated rings. The van der Waals surface area contributed by atoms with Crippen molar-refractivity contribution in [2.45, 2.75) is 19.8 Å². The average Bonchev–Trinajstić information content (AvgIpc) is 2.41. The van der Waals surface area contributed by atoms with Gasteiger partial charge in [-0.05, 0) is 18.6 Å². The SMILES string of the molecule is CCCCN(CCNCCS(C)(=O)=O)c1ccccc1. The van der Waals surface area contributed by atoms with E-state index >= 15 is 0 Å². The number of benzene rings is 1. The number of rotatable bonds is 10. The normalized spacial score (nSPS) is 11.5. The van der Waals surface area contributed by atoms with Crippen molar-refractivity contribution >= 4 is 15.5 Å². The molecule has 0 saturated heterocycles. The summed E-state index contributed by atoms with van der Waals surface area (Å²) in [5.74, 6) is 0.202. The van der Waals surface area contributed by atoms with Crippen LogP contribution in [0.1, 0.15) is 19.8 Å². The topological polar surface area (TPSA) is 49.4 Å². The Morgan fingerprint density at radius 3 is 2.40 bits per heavy atom. The van der Waals surface area contributed by atoms with Crippen LogP contribution in [0.5, 0.6) is 0 Å². The zero-order valence-electron chi connectivity index (χ0n) is 12.5. The van der Waals surface area contributed by atoms with Gasteiger partial charge in [-0.2, -0.15) is 0 Å². The minimum absolute atomic E-state index is 0.202. The Hall–Kier alpha value is -1.07. The van der Waals surface area contributed by atoms with Crippen LogP contribution in [0.2, 0.25) is 0 Å². The monoisotopic (exact) mass is 298 g/mol. The Morgan fingerprint density at radius 2 is 1.80 bits per heavy atom. The van der Waals surface area contributed by atoms with Gasteiger partial charge in [-0.15, -0.1) is 0 Å². The highest BCUT2D eigenvalue weighted by Gasteiger charge is 2.05. The molecule has 0 spiro atoms. The molecular weight excluding hydrogens is 272 g/mol. The standard InChI is InChI=1S/C15H26N2O2S/c1-3-4-12-17(15-8-6-5-7-9-15)13-10-16-11-14-20(2,18)19/h5-9,16H,3-4,10-14H2,1-2H3. The molecule has 114 valence electrons. The fourth-order valence-electron chi connectivity index (χ4n) is 1.95. The zero-order valence-corrected chi connectivity index (χ0v) is 13.3. The molecule has 1 rings (SSSR count). The van der Waals surface area contributed by atoms with Crippen LogP contribution >= 0.6 is 0 Å². The van der Waals surface area contributed by atoms with Crippen molar-refractivity contribution in [3.05, 3.63) is 30.3 Å². The highest BCUT2D eigenvalue weighted by atomic mass is 32.2. The summed E-state index contributed by atoms with van der Waals surface area (Å²) in [6, 6.07) is 10.3. The molecule has 0 radical (unpaired) electrons. The summed E-state index contributed by atoms with van der Waals surface area (Å²) in [5, 5.41) is 3.20. The first-order chi connectivity index (χ1) is 9.53. The second-order valence-electron chi connectivity index (χ2n) is 5.06. The molecule has 0 unspecified atom stereocenters. The van der Waals surface area contributed by atoms with E-state index in [1.54, 1.807) is 0 Å². The number of nitrogens with zero attached hydrogens (tertiary/aromatic N) is 1. The van der Waals surface area contributed by atoms with Gasteiger partial charge in [0.15, 0.2) is 0 Å². The van der Waals surface area contributed by atoms with Crippen LogP contribution in [0, 0.1) is 0 Å². The Morgan fingerprint density at radius 1 is 1.10 bits per heavy atom. The lowest BCUT2D eigenvalue weighted by Gasteiger charge is -2.25. The van der Waals surface area contributed by atoms with Crippen LogP contribution < -0.4 is 10.2 Å². The molecule has 20 heavy (non-hydrogen) atoms. The van der Waals surface area contributed by atoms with E-state index in [2.05, 4.69) is 29.3 Å². The summed E-state index contributed by atoms with van der Waals surface area (Å²) in [6.45, 7) is 5.44. The molecular formula is C15H26N2O2S. The number of hydrogen-bond acceptors (Lipinski definition) is 4.